The highest BCUT2D eigenvalue weighted by atomic mass is 16.2. The van der Waals surface area contributed by atoms with E-state index in [2.05, 4.69) is 12.2 Å². The van der Waals surface area contributed by atoms with E-state index in [0.29, 0.717) is 11.8 Å². The Bertz CT molecular complexity index is 361. The largest absolute Gasteiger partial charge is 0.342 e. The van der Waals surface area contributed by atoms with Crippen LogP contribution in [-0.2, 0) is 9.59 Å². The SMILES string of the molecule is CCCCN1C(=O)C(C2CC2)NC(=O)C1C1CC1. The summed E-state index contributed by atoms with van der Waals surface area (Å²) in [6, 6.07) is -0.386. The maximum Gasteiger partial charge on any atom is 0.246 e. The van der Waals surface area contributed by atoms with Gasteiger partial charge in [0.25, 0.3) is 0 Å². The van der Waals surface area contributed by atoms with Crippen LogP contribution in [0.1, 0.15) is 45.4 Å². The third-order valence-corrected chi connectivity index (χ3v) is 4.37. The van der Waals surface area contributed by atoms with Gasteiger partial charge >= 0.3 is 0 Å². The van der Waals surface area contributed by atoms with Gasteiger partial charge in [0.1, 0.15) is 12.1 Å². The first-order valence-corrected chi connectivity index (χ1v) is 7.33. The van der Waals surface area contributed by atoms with Gasteiger partial charge < -0.3 is 10.2 Å². The van der Waals surface area contributed by atoms with E-state index in [1.807, 2.05) is 4.90 Å². The van der Waals surface area contributed by atoms with Crippen molar-refractivity contribution in [2.45, 2.75) is 57.5 Å². The first kappa shape index (κ1) is 12.0. The van der Waals surface area contributed by atoms with Gasteiger partial charge in [-0.2, -0.15) is 0 Å². The molecule has 1 N–H and O–H groups in total. The second kappa shape index (κ2) is 4.56. The highest BCUT2D eigenvalue weighted by molar-refractivity contribution is 5.97. The molecular formula is C14H22N2O2. The molecular weight excluding hydrogens is 228 g/mol. The van der Waals surface area contributed by atoms with Crippen LogP contribution in [0, 0.1) is 11.8 Å². The van der Waals surface area contributed by atoms with Crippen LogP contribution in [0.25, 0.3) is 0 Å². The van der Waals surface area contributed by atoms with Crippen LogP contribution in [0.15, 0.2) is 0 Å². The molecule has 2 unspecified atom stereocenters. The van der Waals surface area contributed by atoms with E-state index in [4.69, 9.17) is 0 Å². The van der Waals surface area contributed by atoms with Crippen molar-refractivity contribution >= 4 is 11.8 Å². The quantitative estimate of drug-likeness (QED) is 0.799. The average molecular weight is 250 g/mol. The molecule has 0 aromatic heterocycles. The van der Waals surface area contributed by atoms with Gasteiger partial charge in [-0.1, -0.05) is 13.3 Å². The monoisotopic (exact) mass is 250 g/mol. The Morgan fingerprint density at radius 1 is 1.17 bits per heavy atom. The number of nitrogens with one attached hydrogen (secondary N) is 1. The predicted octanol–water partition coefficient (Wildman–Crippen LogP) is 1.30. The Morgan fingerprint density at radius 3 is 2.39 bits per heavy atom. The number of unbranched alkanes of at least 4 members (excludes halogenated alkanes) is 1. The standard InChI is InChI=1S/C14H22N2O2/c1-2-3-8-16-12(10-6-7-10)13(17)15-11(14(16)18)9-4-5-9/h9-12H,2-8H2,1H3,(H,15,17). The number of nitrogens with zero attached hydrogens (tertiary/aromatic N) is 1. The van der Waals surface area contributed by atoms with Crippen LogP contribution in [-0.4, -0.2) is 35.3 Å². The molecule has 1 heterocycles. The molecule has 3 fully saturated rings. The summed E-state index contributed by atoms with van der Waals surface area (Å²) in [5.74, 6) is 1.12. The summed E-state index contributed by atoms with van der Waals surface area (Å²) in [6.45, 7) is 2.88. The Balaban J connectivity index is 1.76. The normalized spacial score (nSPS) is 32.6. The summed E-state index contributed by atoms with van der Waals surface area (Å²) in [5.41, 5.74) is 0. The summed E-state index contributed by atoms with van der Waals surface area (Å²) in [4.78, 5) is 26.6. The lowest BCUT2D eigenvalue weighted by Gasteiger charge is -2.39. The first-order chi connectivity index (χ1) is 8.72. The van der Waals surface area contributed by atoms with Crippen molar-refractivity contribution in [1.29, 1.82) is 0 Å². The van der Waals surface area contributed by atoms with E-state index < -0.39 is 0 Å². The number of piperazine rings is 1. The fraction of sp³-hybridized carbons (Fsp3) is 0.857. The number of amides is 2. The summed E-state index contributed by atoms with van der Waals surface area (Å²) in [6.07, 6.45) is 6.44. The van der Waals surface area contributed by atoms with Crippen LogP contribution in [0.4, 0.5) is 0 Å². The van der Waals surface area contributed by atoms with Crippen molar-refractivity contribution in [3.05, 3.63) is 0 Å². The van der Waals surface area contributed by atoms with Gasteiger partial charge in [0.15, 0.2) is 0 Å². The highest BCUT2D eigenvalue weighted by Crippen LogP contribution is 2.40. The minimum absolute atomic E-state index is 0.102. The zero-order valence-corrected chi connectivity index (χ0v) is 11.0. The maximum absolute atomic E-state index is 12.5. The third kappa shape index (κ3) is 2.13. The van der Waals surface area contributed by atoms with Gasteiger partial charge in [-0.05, 0) is 43.9 Å². The number of hydrogen-bond donors (Lipinski definition) is 1. The van der Waals surface area contributed by atoms with Crippen LogP contribution in [0.3, 0.4) is 0 Å². The summed E-state index contributed by atoms with van der Waals surface area (Å²) < 4.78 is 0. The van der Waals surface area contributed by atoms with Crippen LogP contribution in [0.2, 0.25) is 0 Å². The molecule has 2 aliphatic carbocycles. The minimum Gasteiger partial charge on any atom is -0.342 e. The van der Waals surface area contributed by atoms with Crippen molar-refractivity contribution in [3.8, 4) is 0 Å². The summed E-state index contributed by atoms with van der Waals surface area (Å²) in [7, 11) is 0. The molecule has 18 heavy (non-hydrogen) atoms. The van der Waals surface area contributed by atoms with Crippen molar-refractivity contribution in [2.24, 2.45) is 11.8 Å². The van der Waals surface area contributed by atoms with Gasteiger partial charge in [-0.15, -0.1) is 0 Å². The lowest BCUT2D eigenvalue weighted by molar-refractivity contribution is -0.151. The van der Waals surface area contributed by atoms with E-state index in [0.717, 1.165) is 45.1 Å². The van der Waals surface area contributed by atoms with E-state index in [9.17, 15) is 9.59 Å². The molecule has 0 spiro atoms. The van der Waals surface area contributed by atoms with E-state index in [1.165, 1.54) is 0 Å². The Kier molecular flexibility index (Phi) is 3.04. The van der Waals surface area contributed by atoms with E-state index in [-0.39, 0.29) is 23.9 Å². The smallest absolute Gasteiger partial charge is 0.246 e. The number of rotatable bonds is 5. The molecule has 4 heteroatoms. The van der Waals surface area contributed by atoms with Gasteiger partial charge in [-0.3, -0.25) is 9.59 Å². The van der Waals surface area contributed by atoms with E-state index in [1.54, 1.807) is 0 Å². The molecule has 1 aliphatic heterocycles. The molecule has 4 nitrogen and oxygen atoms in total. The Morgan fingerprint density at radius 2 is 1.83 bits per heavy atom. The van der Waals surface area contributed by atoms with Crippen molar-refractivity contribution < 1.29 is 9.59 Å². The molecule has 3 aliphatic rings. The van der Waals surface area contributed by atoms with Gasteiger partial charge in [0.2, 0.25) is 11.8 Å². The van der Waals surface area contributed by atoms with Crippen molar-refractivity contribution in [2.75, 3.05) is 6.54 Å². The zero-order chi connectivity index (χ0) is 12.7. The Labute approximate surface area is 108 Å². The third-order valence-electron chi connectivity index (χ3n) is 4.37. The predicted molar refractivity (Wildman–Crippen MR) is 67.8 cm³/mol. The van der Waals surface area contributed by atoms with Crippen molar-refractivity contribution in [1.82, 2.24) is 10.2 Å². The lowest BCUT2D eigenvalue weighted by atomic mass is 10.00. The maximum atomic E-state index is 12.5. The molecule has 0 aromatic rings. The van der Waals surface area contributed by atoms with E-state index >= 15 is 0 Å². The molecule has 2 atom stereocenters. The topological polar surface area (TPSA) is 49.4 Å². The number of hydrogen-bond acceptors (Lipinski definition) is 2. The molecule has 0 bridgehead atoms. The number of carbonyl (C=O) groups is 2. The van der Waals surface area contributed by atoms with Crippen LogP contribution < -0.4 is 5.32 Å². The van der Waals surface area contributed by atoms with Crippen molar-refractivity contribution in [3.63, 3.8) is 0 Å². The lowest BCUT2D eigenvalue weighted by Crippen LogP contribution is -2.64. The van der Waals surface area contributed by atoms with Gasteiger partial charge in [0.05, 0.1) is 0 Å². The molecule has 3 rings (SSSR count). The molecule has 2 amide bonds. The minimum atomic E-state index is -0.218. The fourth-order valence-electron chi connectivity index (χ4n) is 2.96. The van der Waals surface area contributed by atoms with Crippen LogP contribution in [0.5, 0.6) is 0 Å². The molecule has 100 valence electrons. The second-order valence-electron chi connectivity index (χ2n) is 5.99. The summed E-state index contributed by atoms with van der Waals surface area (Å²) >= 11 is 0. The molecule has 0 aromatic carbocycles. The summed E-state index contributed by atoms with van der Waals surface area (Å²) in [5, 5.41) is 2.98. The number of carbonyl (C=O) groups excluding carboxylic acids is 2. The zero-order valence-electron chi connectivity index (χ0n) is 11.0. The second-order valence-corrected chi connectivity index (χ2v) is 5.99. The molecule has 1 saturated heterocycles. The molecule has 0 radical (unpaired) electrons. The van der Waals surface area contributed by atoms with Gasteiger partial charge in [-0.25, -0.2) is 0 Å². The van der Waals surface area contributed by atoms with Crippen LogP contribution >= 0.6 is 0 Å². The molecule has 2 saturated carbocycles. The van der Waals surface area contributed by atoms with Gasteiger partial charge in [0, 0.05) is 6.54 Å². The average Bonchev–Trinajstić information content (AvgIpc) is 3.21. The first-order valence-electron chi connectivity index (χ1n) is 7.33. The Hall–Kier alpha value is -1.06. The highest BCUT2D eigenvalue weighted by Gasteiger charge is 2.50. The fourth-order valence-corrected chi connectivity index (χ4v) is 2.96.